The predicted molar refractivity (Wildman–Crippen MR) is 49.6 cm³/mol. The van der Waals surface area contributed by atoms with Crippen molar-refractivity contribution in [1.29, 1.82) is 0 Å². The highest BCUT2D eigenvalue weighted by Gasteiger charge is 1.90. The maximum absolute atomic E-state index is 5.33. The van der Waals surface area contributed by atoms with Crippen LogP contribution in [0, 0.1) is 6.92 Å². The molecule has 1 heterocycles. The van der Waals surface area contributed by atoms with E-state index in [4.69, 9.17) is 5.73 Å². The van der Waals surface area contributed by atoms with Crippen LogP contribution in [0.3, 0.4) is 0 Å². The first kappa shape index (κ1) is 8.43. The molecule has 60 valence electrons. The third-order valence-corrected chi connectivity index (χ3v) is 2.11. The summed E-state index contributed by atoms with van der Waals surface area (Å²) >= 11 is 1.52. The zero-order chi connectivity index (χ0) is 8.10. The van der Waals surface area contributed by atoms with Crippen LogP contribution >= 0.6 is 11.5 Å². The Kier molecular flexibility index (Phi) is 3.26. The minimum absolute atomic E-state index is 0.717. The van der Waals surface area contributed by atoms with Crippen LogP contribution in [0.4, 0.5) is 0 Å². The molecule has 1 aromatic rings. The van der Waals surface area contributed by atoms with Gasteiger partial charge in [-0.2, -0.15) is 4.37 Å². The van der Waals surface area contributed by atoms with Crippen molar-refractivity contribution in [1.82, 2.24) is 4.37 Å². The average Bonchev–Trinajstić information content (AvgIpc) is 2.37. The van der Waals surface area contributed by atoms with E-state index in [9.17, 15) is 0 Å². The summed E-state index contributed by atoms with van der Waals surface area (Å²) in [5, 5.41) is 0. The topological polar surface area (TPSA) is 38.9 Å². The summed E-state index contributed by atoms with van der Waals surface area (Å²) in [6.07, 6.45) is 5.08. The SMILES string of the molecule is Cc1cc(/C=C/CCN)sn1. The second-order valence-electron chi connectivity index (χ2n) is 2.35. The number of hydrogen-bond acceptors (Lipinski definition) is 3. The zero-order valence-corrected chi connectivity index (χ0v) is 7.40. The Hall–Kier alpha value is -0.670. The summed E-state index contributed by atoms with van der Waals surface area (Å²) in [5.41, 5.74) is 6.42. The zero-order valence-electron chi connectivity index (χ0n) is 6.58. The van der Waals surface area contributed by atoms with Gasteiger partial charge in [-0.15, -0.1) is 0 Å². The third kappa shape index (κ3) is 2.82. The van der Waals surface area contributed by atoms with E-state index in [1.807, 2.05) is 6.92 Å². The number of rotatable bonds is 3. The smallest absolute Gasteiger partial charge is 0.0517 e. The summed E-state index contributed by atoms with van der Waals surface area (Å²) in [6.45, 7) is 2.71. The van der Waals surface area contributed by atoms with Crippen molar-refractivity contribution in [2.45, 2.75) is 13.3 Å². The van der Waals surface area contributed by atoms with E-state index in [1.54, 1.807) is 0 Å². The molecule has 0 aromatic carbocycles. The van der Waals surface area contributed by atoms with E-state index >= 15 is 0 Å². The van der Waals surface area contributed by atoms with Crippen molar-refractivity contribution in [2.24, 2.45) is 5.73 Å². The average molecular weight is 168 g/mol. The number of nitrogens with two attached hydrogens (primary N) is 1. The van der Waals surface area contributed by atoms with Crippen LogP contribution < -0.4 is 5.73 Å². The van der Waals surface area contributed by atoms with Gasteiger partial charge in [-0.1, -0.05) is 6.08 Å². The third-order valence-electron chi connectivity index (χ3n) is 1.26. The second kappa shape index (κ2) is 4.26. The molecule has 0 aliphatic rings. The molecule has 0 saturated heterocycles. The first-order chi connectivity index (χ1) is 5.33. The van der Waals surface area contributed by atoms with Gasteiger partial charge in [-0.25, -0.2) is 0 Å². The Morgan fingerprint density at radius 3 is 3.09 bits per heavy atom. The molecule has 11 heavy (non-hydrogen) atoms. The highest BCUT2D eigenvalue weighted by Crippen LogP contribution is 2.10. The molecular formula is C8H12N2S. The minimum Gasteiger partial charge on any atom is -0.330 e. The van der Waals surface area contributed by atoms with Crippen molar-refractivity contribution >= 4 is 17.6 Å². The van der Waals surface area contributed by atoms with Crippen LogP contribution in [0.25, 0.3) is 6.08 Å². The van der Waals surface area contributed by atoms with E-state index in [1.165, 1.54) is 16.4 Å². The summed E-state index contributed by atoms with van der Waals surface area (Å²) < 4.78 is 4.15. The maximum Gasteiger partial charge on any atom is 0.0517 e. The highest BCUT2D eigenvalue weighted by atomic mass is 32.1. The standard InChI is InChI=1S/C8H12N2S/c1-7-6-8(11-10-7)4-2-3-5-9/h2,4,6H,3,5,9H2,1H3/b4-2+. The Morgan fingerprint density at radius 1 is 1.73 bits per heavy atom. The van der Waals surface area contributed by atoms with Crippen molar-refractivity contribution in [3.63, 3.8) is 0 Å². The fourth-order valence-electron chi connectivity index (χ4n) is 0.758. The van der Waals surface area contributed by atoms with E-state index in [-0.39, 0.29) is 0 Å². The van der Waals surface area contributed by atoms with Crippen molar-refractivity contribution < 1.29 is 0 Å². The van der Waals surface area contributed by atoms with Gasteiger partial charge in [-0.3, -0.25) is 0 Å². The van der Waals surface area contributed by atoms with Gasteiger partial charge in [0.15, 0.2) is 0 Å². The first-order valence-electron chi connectivity index (χ1n) is 3.63. The normalized spacial score (nSPS) is 11.1. The van der Waals surface area contributed by atoms with E-state index in [0.717, 1.165) is 12.1 Å². The first-order valence-corrected chi connectivity index (χ1v) is 4.40. The molecule has 0 atom stereocenters. The molecule has 1 rings (SSSR count). The number of aryl methyl sites for hydroxylation is 1. The number of nitrogens with zero attached hydrogens (tertiary/aromatic N) is 1. The molecule has 0 spiro atoms. The number of aromatic nitrogens is 1. The van der Waals surface area contributed by atoms with Crippen molar-refractivity contribution in [2.75, 3.05) is 6.54 Å². The van der Waals surface area contributed by atoms with Crippen LogP contribution in [0.2, 0.25) is 0 Å². The molecule has 0 aliphatic carbocycles. The molecule has 2 nitrogen and oxygen atoms in total. The molecule has 0 bridgehead atoms. The lowest BCUT2D eigenvalue weighted by molar-refractivity contribution is 1.01. The summed E-state index contributed by atoms with van der Waals surface area (Å²) in [7, 11) is 0. The van der Waals surface area contributed by atoms with Crippen LogP contribution in [0.1, 0.15) is 17.0 Å². The lowest BCUT2D eigenvalue weighted by Gasteiger charge is -1.82. The maximum atomic E-state index is 5.33. The quantitative estimate of drug-likeness (QED) is 0.747. The fourth-order valence-corrected chi connectivity index (χ4v) is 1.44. The van der Waals surface area contributed by atoms with Crippen LogP contribution in [0.15, 0.2) is 12.1 Å². The van der Waals surface area contributed by atoms with Crippen LogP contribution in [-0.4, -0.2) is 10.9 Å². The monoisotopic (exact) mass is 168 g/mol. The Morgan fingerprint density at radius 2 is 2.55 bits per heavy atom. The molecule has 1 aromatic heterocycles. The lowest BCUT2D eigenvalue weighted by Crippen LogP contribution is -1.94. The van der Waals surface area contributed by atoms with Gasteiger partial charge < -0.3 is 5.73 Å². The second-order valence-corrected chi connectivity index (χ2v) is 3.19. The molecule has 0 unspecified atom stereocenters. The summed E-state index contributed by atoms with van der Waals surface area (Å²) in [5.74, 6) is 0. The molecule has 0 aliphatic heterocycles. The largest absolute Gasteiger partial charge is 0.330 e. The molecule has 0 amide bonds. The molecule has 2 N–H and O–H groups in total. The summed E-state index contributed by atoms with van der Waals surface area (Å²) in [6, 6.07) is 2.07. The van der Waals surface area contributed by atoms with Gasteiger partial charge in [0.1, 0.15) is 0 Å². The molecule has 0 fully saturated rings. The molecule has 0 saturated carbocycles. The van der Waals surface area contributed by atoms with E-state index < -0.39 is 0 Å². The van der Waals surface area contributed by atoms with Gasteiger partial charge in [0.25, 0.3) is 0 Å². The molecular weight excluding hydrogens is 156 g/mol. The highest BCUT2D eigenvalue weighted by molar-refractivity contribution is 7.06. The predicted octanol–water partition coefficient (Wildman–Crippen LogP) is 1.81. The lowest BCUT2D eigenvalue weighted by atomic mass is 10.3. The van der Waals surface area contributed by atoms with Crippen LogP contribution in [0.5, 0.6) is 0 Å². The Labute approximate surface area is 70.9 Å². The number of hydrogen-bond donors (Lipinski definition) is 1. The van der Waals surface area contributed by atoms with E-state index in [2.05, 4.69) is 22.6 Å². The van der Waals surface area contributed by atoms with Crippen LogP contribution in [-0.2, 0) is 0 Å². The van der Waals surface area contributed by atoms with Gasteiger partial charge in [0.2, 0.25) is 0 Å². The van der Waals surface area contributed by atoms with Crippen molar-refractivity contribution in [3.8, 4) is 0 Å². The fraction of sp³-hybridized carbons (Fsp3) is 0.375. The molecule has 3 heteroatoms. The van der Waals surface area contributed by atoms with Gasteiger partial charge >= 0.3 is 0 Å². The Bertz CT molecular complexity index is 240. The van der Waals surface area contributed by atoms with Gasteiger partial charge in [-0.05, 0) is 43.6 Å². The van der Waals surface area contributed by atoms with E-state index in [0.29, 0.717) is 6.54 Å². The molecule has 0 radical (unpaired) electrons. The van der Waals surface area contributed by atoms with Crippen molar-refractivity contribution in [3.05, 3.63) is 22.7 Å². The Balaban J connectivity index is 2.50. The minimum atomic E-state index is 0.717. The summed E-state index contributed by atoms with van der Waals surface area (Å²) in [4.78, 5) is 1.20. The van der Waals surface area contributed by atoms with Gasteiger partial charge in [0.05, 0.1) is 5.69 Å². The van der Waals surface area contributed by atoms with Gasteiger partial charge in [0, 0.05) is 4.88 Å².